The molecule has 0 spiro atoms. The van der Waals surface area contributed by atoms with Gasteiger partial charge in [-0.25, -0.2) is 0 Å². The molecule has 2 saturated carbocycles. The summed E-state index contributed by atoms with van der Waals surface area (Å²) in [5.74, 6) is -0.381. The lowest BCUT2D eigenvalue weighted by Gasteiger charge is -2.41. The van der Waals surface area contributed by atoms with E-state index >= 15 is 0 Å². The minimum atomic E-state index is -0.635. The number of aliphatic hydroxyl groups excluding tert-OH is 2. The van der Waals surface area contributed by atoms with Gasteiger partial charge < -0.3 is 14.9 Å². The van der Waals surface area contributed by atoms with E-state index < -0.39 is 12.2 Å². The minimum absolute atomic E-state index is 0.0425. The molecule has 0 aromatic carbocycles. The summed E-state index contributed by atoms with van der Waals surface area (Å²) in [4.78, 5) is 23.3. The van der Waals surface area contributed by atoms with Crippen molar-refractivity contribution in [2.45, 2.75) is 83.3 Å². The highest BCUT2D eigenvalue weighted by Gasteiger charge is 2.41. The molecule has 0 bridgehead atoms. The number of hydrogen-bond acceptors (Lipinski definition) is 5. The van der Waals surface area contributed by atoms with Gasteiger partial charge in [0.2, 0.25) is 0 Å². The van der Waals surface area contributed by atoms with Crippen LogP contribution in [-0.4, -0.2) is 41.3 Å². The van der Waals surface area contributed by atoms with E-state index in [2.05, 4.69) is 11.7 Å². The molecule has 0 heterocycles. The fourth-order valence-corrected chi connectivity index (χ4v) is 4.18. The van der Waals surface area contributed by atoms with Crippen LogP contribution >= 0.6 is 0 Å². The number of unbranched alkanes of at least 4 members (excludes halogenated alkanes) is 3. The molecule has 0 aliphatic heterocycles. The molecule has 0 aromatic rings. The Morgan fingerprint density at radius 2 is 2.00 bits per heavy atom. The molecule has 148 valence electrons. The minimum Gasteiger partial charge on any atom is -0.469 e. The Morgan fingerprint density at radius 1 is 1.31 bits per heavy atom. The zero-order valence-corrected chi connectivity index (χ0v) is 16.2. The zero-order chi connectivity index (χ0) is 19.2. The lowest BCUT2D eigenvalue weighted by Crippen LogP contribution is -2.37. The Morgan fingerprint density at radius 3 is 2.62 bits per heavy atom. The highest BCUT2D eigenvalue weighted by molar-refractivity contribution is 5.84. The second kappa shape index (κ2) is 9.65. The molecular formula is C21H34O5. The van der Waals surface area contributed by atoms with Crippen molar-refractivity contribution in [3.63, 3.8) is 0 Å². The number of carbonyl (C=O) groups is 2. The lowest BCUT2D eigenvalue weighted by molar-refractivity contribution is -0.140. The smallest absolute Gasteiger partial charge is 0.305 e. The number of rotatable bonds is 10. The van der Waals surface area contributed by atoms with E-state index in [0.29, 0.717) is 6.42 Å². The molecule has 0 radical (unpaired) electrons. The number of ketones is 1. The van der Waals surface area contributed by atoms with Gasteiger partial charge in [-0.1, -0.05) is 44.8 Å². The fourth-order valence-electron chi connectivity index (χ4n) is 4.18. The van der Waals surface area contributed by atoms with Gasteiger partial charge >= 0.3 is 5.97 Å². The van der Waals surface area contributed by atoms with Crippen LogP contribution in [0.3, 0.4) is 0 Å². The standard InChI is InChI=1S/C21H34O5/c1-21(12-7-13-21)19(24)11-10-16-15(17(22)14-18(16)23)8-5-3-4-6-9-20(25)26-2/h10-11,15-16,18-19,23-24H,3-9,12-14H2,1-2H3/b11-10+/t15-,16-,18-,19+/m1/s1. The van der Waals surface area contributed by atoms with Gasteiger partial charge in [0.05, 0.1) is 19.3 Å². The van der Waals surface area contributed by atoms with Crippen LogP contribution in [-0.2, 0) is 14.3 Å². The Labute approximate surface area is 156 Å². The first-order chi connectivity index (χ1) is 12.4. The number of aliphatic hydroxyl groups is 2. The Balaban J connectivity index is 1.78. The fraction of sp³-hybridized carbons (Fsp3) is 0.810. The van der Waals surface area contributed by atoms with Gasteiger partial charge in [0, 0.05) is 24.7 Å². The molecule has 2 aliphatic carbocycles. The SMILES string of the molecule is COC(=O)CCCCCC[C@H]1C(=O)C[C@@H](O)[C@@H]1/C=C/[C@H](O)C1(C)CCC1. The van der Waals surface area contributed by atoms with Crippen LogP contribution in [0.15, 0.2) is 12.2 Å². The molecule has 0 saturated heterocycles. The normalized spacial score (nSPS) is 28.9. The van der Waals surface area contributed by atoms with Gasteiger partial charge in [0.1, 0.15) is 5.78 Å². The number of methoxy groups -OCH3 is 1. The van der Waals surface area contributed by atoms with Crippen molar-refractivity contribution in [1.82, 2.24) is 0 Å². The molecule has 0 amide bonds. The summed E-state index contributed by atoms with van der Waals surface area (Å²) in [6.07, 6.45) is 10.8. The topological polar surface area (TPSA) is 83.8 Å². The van der Waals surface area contributed by atoms with Gasteiger partial charge in [-0.3, -0.25) is 9.59 Å². The Hall–Kier alpha value is -1.20. The van der Waals surface area contributed by atoms with Crippen LogP contribution in [0.1, 0.15) is 71.1 Å². The summed E-state index contributed by atoms with van der Waals surface area (Å²) < 4.78 is 4.62. The Kier molecular flexibility index (Phi) is 7.84. The van der Waals surface area contributed by atoms with Crippen LogP contribution in [0, 0.1) is 17.3 Å². The van der Waals surface area contributed by atoms with E-state index in [0.717, 1.165) is 51.4 Å². The molecule has 2 N–H and O–H groups in total. The molecule has 2 rings (SSSR count). The number of ether oxygens (including phenoxy) is 1. The predicted molar refractivity (Wildman–Crippen MR) is 99.4 cm³/mol. The largest absolute Gasteiger partial charge is 0.469 e. The molecular weight excluding hydrogens is 332 g/mol. The molecule has 0 aromatic heterocycles. The zero-order valence-electron chi connectivity index (χ0n) is 16.2. The average Bonchev–Trinajstić information content (AvgIpc) is 2.86. The lowest BCUT2D eigenvalue weighted by atomic mass is 9.66. The summed E-state index contributed by atoms with van der Waals surface area (Å²) in [5.41, 5.74) is -0.0425. The molecule has 2 aliphatic rings. The van der Waals surface area contributed by atoms with Crippen LogP contribution in [0.25, 0.3) is 0 Å². The van der Waals surface area contributed by atoms with Crippen molar-refractivity contribution in [2.75, 3.05) is 7.11 Å². The van der Waals surface area contributed by atoms with E-state index in [1.807, 2.05) is 6.08 Å². The summed E-state index contributed by atoms with van der Waals surface area (Å²) in [7, 11) is 1.40. The number of esters is 1. The van der Waals surface area contributed by atoms with E-state index in [9.17, 15) is 19.8 Å². The second-order valence-electron chi connectivity index (χ2n) is 8.29. The highest BCUT2D eigenvalue weighted by Crippen LogP contribution is 2.44. The molecule has 4 atom stereocenters. The number of carbonyl (C=O) groups excluding carboxylic acids is 2. The third kappa shape index (κ3) is 5.40. The molecule has 5 heteroatoms. The monoisotopic (exact) mass is 366 g/mol. The van der Waals surface area contributed by atoms with E-state index in [-0.39, 0.29) is 35.4 Å². The average molecular weight is 366 g/mol. The quantitative estimate of drug-likeness (QED) is 0.352. The summed E-state index contributed by atoms with van der Waals surface area (Å²) in [6, 6.07) is 0. The van der Waals surface area contributed by atoms with Crippen molar-refractivity contribution in [1.29, 1.82) is 0 Å². The summed E-state index contributed by atoms with van der Waals surface area (Å²) in [5, 5.41) is 20.6. The van der Waals surface area contributed by atoms with Crippen molar-refractivity contribution in [3.05, 3.63) is 12.2 Å². The first-order valence-corrected chi connectivity index (χ1v) is 10.0. The highest BCUT2D eigenvalue weighted by atomic mass is 16.5. The molecule has 5 nitrogen and oxygen atoms in total. The van der Waals surface area contributed by atoms with Gasteiger partial charge in [0.15, 0.2) is 0 Å². The van der Waals surface area contributed by atoms with Crippen LogP contribution < -0.4 is 0 Å². The van der Waals surface area contributed by atoms with Crippen molar-refractivity contribution in [2.24, 2.45) is 17.3 Å². The van der Waals surface area contributed by atoms with Crippen LogP contribution in [0.4, 0.5) is 0 Å². The summed E-state index contributed by atoms with van der Waals surface area (Å²) in [6.45, 7) is 2.09. The first kappa shape index (κ1) is 21.1. The van der Waals surface area contributed by atoms with Crippen molar-refractivity contribution >= 4 is 11.8 Å². The third-order valence-corrected chi connectivity index (χ3v) is 6.33. The second-order valence-corrected chi connectivity index (χ2v) is 8.29. The van der Waals surface area contributed by atoms with E-state index in [1.54, 1.807) is 6.08 Å². The summed E-state index contributed by atoms with van der Waals surface area (Å²) >= 11 is 0. The van der Waals surface area contributed by atoms with Gasteiger partial charge in [-0.15, -0.1) is 0 Å². The Bertz CT molecular complexity index is 509. The third-order valence-electron chi connectivity index (χ3n) is 6.33. The van der Waals surface area contributed by atoms with E-state index in [1.165, 1.54) is 7.11 Å². The maximum Gasteiger partial charge on any atom is 0.305 e. The maximum atomic E-state index is 12.2. The number of Topliss-reactive ketones (excluding diaryl/α,β-unsaturated/α-hetero) is 1. The molecule has 26 heavy (non-hydrogen) atoms. The van der Waals surface area contributed by atoms with E-state index in [4.69, 9.17) is 0 Å². The number of hydrogen-bond donors (Lipinski definition) is 2. The van der Waals surface area contributed by atoms with Gasteiger partial charge in [-0.05, 0) is 31.1 Å². The molecule has 0 unspecified atom stereocenters. The van der Waals surface area contributed by atoms with Gasteiger partial charge in [0.25, 0.3) is 0 Å². The predicted octanol–water partition coefficient (Wildman–Crippen LogP) is 3.17. The van der Waals surface area contributed by atoms with Crippen LogP contribution in [0.2, 0.25) is 0 Å². The van der Waals surface area contributed by atoms with Gasteiger partial charge in [-0.2, -0.15) is 0 Å². The van der Waals surface area contributed by atoms with Crippen molar-refractivity contribution in [3.8, 4) is 0 Å². The van der Waals surface area contributed by atoms with Crippen molar-refractivity contribution < 1.29 is 24.5 Å². The first-order valence-electron chi connectivity index (χ1n) is 10.0. The maximum absolute atomic E-state index is 12.2. The molecule has 2 fully saturated rings. The van der Waals surface area contributed by atoms with Crippen LogP contribution in [0.5, 0.6) is 0 Å².